The Morgan fingerprint density at radius 2 is 2.11 bits per heavy atom. The molecule has 1 aromatic rings. The van der Waals surface area contributed by atoms with E-state index in [1.807, 2.05) is 0 Å². The Morgan fingerprint density at radius 3 is 2.74 bits per heavy atom. The molecule has 2 rings (SSSR count). The highest BCUT2D eigenvalue weighted by Gasteiger charge is 2.20. The van der Waals surface area contributed by atoms with Gasteiger partial charge in [0.25, 0.3) is 0 Å². The van der Waals surface area contributed by atoms with Crippen LogP contribution >= 0.6 is 15.9 Å². The number of aromatic nitrogens is 2. The summed E-state index contributed by atoms with van der Waals surface area (Å²) in [5.41, 5.74) is 0. The Balaban J connectivity index is 1.79. The van der Waals surface area contributed by atoms with Crippen LogP contribution in [0.15, 0.2) is 17.0 Å². The topological polar surface area (TPSA) is 44.3 Å². The van der Waals surface area contributed by atoms with Crippen LogP contribution < -0.4 is 5.32 Å². The largest absolute Gasteiger partial charge is 0.367 e. The van der Waals surface area contributed by atoms with E-state index in [0.29, 0.717) is 6.04 Å². The highest BCUT2D eigenvalue weighted by atomic mass is 79.9. The molecule has 0 saturated carbocycles. The third kappa shape index (κ3) is 4.12. The molecule has 0 aromatic carbocycles. The second-order valence-corrected chi connectivity index (χ2v) is 5.77. The first-order valence-electron chi connectivity index (χ1n) is 6.86. The smallest absolute Gasteiger partial charge is 0.143 e. The van der Waals surface area contributed by atoms with E-state index < -0.39 is 0 Å². The van der Waals surface area contributed by atoms with E-state index in [-0.39, 0.29) is 0 Å². The van der Waals surface area contributed by atoms with Crippen LogP contribution in [0.2, 0.25) is 0 Å². The summed E-state index contributed by atoms with van der Waals surface area (Å²) in [6, 6.07) is 0.515. The molecule has 1 saturated heterocycles. The Bertz CT molecular complexity index is 392. The summed E-state index contributed by atoms with van der Waals surface area (Å²) >= 11 is 3.45. The number of hydrogen-bond acceptors (Lipinski definition) is 5. The van der Waals surface area contributed by atoms with Crippen molar-refractivity contribution in [3.63, 3.8) is 0 Å². The number of piperazine rings is 1. The second kappa shape index (κ2) is 7.17. The van der Waals surface area contributed by atoms with Crippen LogP contribution in [0, 0.1) is 0 Å². The van der Waals surface area contributed by atoms with Gasteiger partial charge in [0.2, 0.25) is 0 Å². The maximum atomic E-state index is 4.22. The minimum Gasteiger partial charge on any atom is -0.367 e. The molecule has 19 heavy (non-hydrogen) atoms. The van der Waals surface area contributed by atoms with E-state index in [4.69, 9.17) is 0 Å². The summed E-state index contributed by atoms with van der Waals surface area (Å²) in [7, 11) is 0. The molecule has 1 aliphatic heterocycles. The number of hydrogen-bond donors (Lipinski definition) is 1. The zero-order valence-corrected chi connectivity index (χ0v) is 13.2. The molecule has 5 nitrogen and oxygen atoms in total. The van der Waals surface area contributed by atoms with Crippen molar-refractivity contribution in [2.24, 2.45) is 0 Å². The Morgan fingerprint density at radius 1 is 1.37 bits per heavy atom. The summed E-state index contributed by atoms with van der Waals surface area (Å²) in [4.78, 5) is 13.2. The number of halogens is 1. The molecule has 0 amide bonds. The van der Waals surface area contributed by atoms with Crippen molar-refractivity contribution >= 4 is 21.7 Å². The first-order valence-corrected chi connectivity index (χ1v) is 7.65. The SMILES string of the molecule is CCN1CCN(C(C)CNc2ncncc2Br)CC1. The summed E-state index contributed by atoms with van der Waals surface area (Å²) < 4.78 is 0.915. The maximum absolute atomic E-state index is 4.22. The number of anilines is 1. The first kappa shape index (κ1) is 14.7. The van der Waals surface area contributed by atoms with E-state index >= 15 is 0 Å². The van der Waals surface area contributed by atoms with Crippen molar-refractivity contribution in [2.75, 3.05) is 44.6 Å². The predicted octanol–water partition coefficient (Wildman–Crippen LogP) is 1.68. The van der Waals surface area contributed by atoms with E-state index in [1.54, 1.807) is 12.5 Å². The third-order valence-corrected chi connectivity index (χ3v) is 4.29. The zero-order valence-electron chi connectivity index (χ0n) is 11.6. The van der Waals surface area contributed by atoms with Crippen molar-refractivity contribution in [3.05, 3.63) is 17.0 Å². The van der Waals surface area contributed by atoms with Gasteiger partial charge >= 0.3 is 0 Å². The fourth-order valence-electron chi connectivity index (χ4n) is 2.34. The minimum atomic E-state index is 0.515. The van der Waals surface area contributed by atoms with Crippen molar-refractivity contribution < 1.29 is 0 Å². The lowest BCUT2D eigenvalue weighted by atomic mass is 10.2. The van der Waals surface area contributed by atoms with Gasteiger partial charge in [0.1, 0.15) is 12.1 Å². The molecule has 1 fully saturated rings. The molecule has 106 valence electrons. The van der Waals surface area contributed by atoms with Crippen LogP contribution in [0.4, 0.5) is 5.82 Å². The van der Waals surface area contributed by atoms with E-state index in [2.05, 4.69) is 54.9 Å². The quantitative estimate of drug-likeness (QED) is 0.891. The van der Waals surface area contributed by atoms with Crippen LogP contribution in [0.5, 0.6) is 0 Å². The van der Waals surface area contributed by atoms with Gasteiger partial charge in [-0.1, -0.05) is 6.92 Å². The molecule has 1 unspecified atom stereocenters. The van der Waals surface area contributed by atoms with Gasteiger partial charge in [-0.25, -0.2) is 9.97 Å². The van der Waals surface area contributed by atoms with Crippen molar-refractivity contribution in [2.45, 2.75) is 19.9 Å². The molecular weight excluding hydrogens is 306 g/mol. The van der Waals surface area contributed by atoms with Gasteiger partial charge in [0, 0.05) is 45.0 Å². The molecule has 0 aliphatic carbocycles. The average molecular weight is 328 g/mol. The predicted molar refractivity (Wildman–Crippen MR) is 81.4 cm³/mol. The van der Waals surface area contributed by atoms with Gasteiger partial charge in [0.05, 0.1) is 4.47 Å². The number of nitrogens with one attached hydrogen (secondary N) is 1. The van der Waals surface area contributed by atoms with Gasteiger partial charge in [0.15, 0.2) is 0 Å². The van der Waals surface area contributed by atoms with E-state index in [1.165, 1.54) is 13.1 Å². The lowest BCUT2D eigenvalue weighted by Gasteiger charge is -2.37. The van der Waals surface area contributed by atoms with E-state index in [9.17, 15) is 0 Å². The standard InChI is InChI=1S/C13H22BrN5/c1-3-18-4-6-19(7-5-18)11(2)8-16-13-12(14)9-15-10-17-13/h9-11H,3-8H2,1-2H3,(H,15,16,17). The highest BCUT2D eigenvalue weighted by molar-refractivity contribution is 9.10. The van der Waals surface area contributed by atoms with Gasteiger partial charge in [-0.3, -0.25) is 4.90 Å². The molecule has 0 bridgehead atoms. The molecule has 0 spiro atoms. The molecule has 6 heteroatoms. The Labute approximate surface area is 123 Å². The van der Waals surface area contributed by atoms with Crippen LogP contribution in [0.1, 0.15) is 13.8 Å². The molecule has 1 aromatic heterocycles. The third-order valence-electron chi connectivity index (χ3n) is 3.71. The highest BCUT2D eigenvalue weighted by Crippen LogP contribution is 2.17. The fourth-order valence-corrected chi connectivity index (χ4v) is 2.70. The molecule has 2 heterocycles. The van der Waals surface area contributed by atoms with Crippen molar-refractivity contribution in [1.29, 1.82) is 0 Å². The number of likely N-dealkylation sites (N-methyl/N-ethyl adjacent to an activating group) is 1. The van der Waals surface area contributed by atoms with Crippen LogP contribution in [0.25, 0.3) is 0 Å². The lowest BCUT2D eigenvalue weighted by Crippen LogP contribution is -2.51. The average Bonchev–Trinajstić information content (AvgIpc) is 2.46. The summed E-state index contributed by atoms with van der Waals surface area (Å²) in [5.74, 6) is 0.869. The van der Waals surface area contributed by atoms with E-state index in [0.717, 1.165) is 36.5 Å². The monoisotopic (exact) mass is 327 g/mol. The Kier molecular flexibility index (Phi) is 5.54. The van der Waals surface area contributed by atoms with Crippen molar-refractivity contribution in [3.8, 4) is 0 Å². The van der Waals surface area contributed by atoms with Gasteiger partial charge in [-0.05, 0) is 29.4 Å². The molecular formula is C13H22BrN5. The van der Waals surface area contributed by atoms with Crippen LogP contribution in [0.3, 0.4) is 0 Å². The zero-order chi connectivity index (χ0) is 13.7. The minimum absolute atomic E-state index is 0.515. The Hall–Kier alpha value is -0.720. The number of rotatable bonds is 5. The lowest BCUT2D eigenvalue weighted by molar-refractivity contribution is 0.110. The van der Waals surface area contributed by atoms with Gasteiger partial charge < -0.3 is 10.2 Å². The van der Waals surface area contributed by atoms with Crippen LogP contribution in [-0.4, -0.2) is 65.1 Å². The normalized spacial score (nSPS) is 19.3. The molecule has 1 N–H and O–H groups in total. The summed E-state index contributed by atoms with van der Waals surface area (Å²) in [6.45, 7) is 11.2. The fraction of sp³-hybridized carbons (Fsp3) is 0.692. The number of nitrogens with zero attached hydrogens (tertiary/aromatic N) is 4. The van der Waals surface area contributed by atoms with Crippen molar-refractivity contribution in [1.82, 2.24) is 19.8 Å². The molecule has 1 atom stereocenters. The molecule has 1 aliphatic rings. The second-order valence-electron chi connectivity index (χ2n) is 4.92. The maximum Gasteiger partial charge on any atom is 0.143 e. The van der Waals surface area contributed by atoms with Crippen LogP contribution in [-0.2, 0) is 0 Å². The summed E-state index contributed by atoms with van der Waals surface area (Å²) in [5, 5.41) is 3.38. The van der Waals surface area contributed by atoms with Gasteiger partial charge in [-0.2, -0.15) is 0 Å². The van der Waals surface area contributed by atoms with Gasteiger partial charge in [-0.15, -0.1) is 0 Å². The summed E-state index contributed by atoms with van der Waals surface area (Å²) in [6.07, 6.45) is 3.33. The first-order chi connectivity index (χ1) is 9.20. The molecule has 0 radical (unpaired) electrons.